The Bertz CT molecular complexity index is 1320. The number of para-hydroxylation sites is 1. The summed E-state index contributed by atoms with van der Waals surface area (Å²) in [6.45, 7) is 0.544. The van der Waals surface area contributed by atoms with Crippen molar-refractivity contribution in [3.63, 3.8) is 0 Å². The highest BCUT2D eigenvalue weighted by Gasteiger charge is 2.37. The van der Waals surface area contributed by atoms with Crippen molar-refractivity contribution in [3.05, 3.63) is 101 Å². The van der Waals surface area contributed by atoms with Crippen molar-refractivity contribution in [2.45, 2.75) is 18.8 Å². The van der Waals surface area contributed by atoms with Crippen LogP contribution in [0.25, 0.3) is 11.5 Å². The number of ether oxygens (including phenoxy) is 1. The zero-order valence-electron chi connectivity index (χ0n) is 17.7. The van der Waals surface area contributed by atoms with E-state index in [0.29, 0.717) is 34.8 Å². The van der Waals surface area contributed by atoms with Crippen molar-refractivity contribution in [2.75, 3.05) is 5.32 Å². The van der Waals surface area contributed by atoms with E-state index in [9.17, 15) is 4.39 Å². The van der Waals surface area contributed by atoms with Gasteiger partial charge in [0.2, 0.25) is 0 Å². The molecular weight excluding hydrogens is 421 g/mol. The van der Waals surface area contributed by atoms with E-state index in [0.717, 1.165) is 11.1 Å². The van der Waals surface area contributed by atoms with Gasteiger partial charge in [-0.15, -0.1) is 0 Å². The SMILES string of the molecule is NCc1coc(-c2cc3c(cn2)NC=NC3(N)c2cccc(F)c2OCc2ccccc2)c1. The Morgan fingerprint density at radius 1 is 1.03 bits per heavy atom. The number of fused-ring (bicyclic) bond motifs is 1. The predicted octanol–water partition coefficient (Wildman–Crippen LogP) is 4.13. The normalized spacial score (nSPS) is 16.8. The van der Waals surface area contributed by atoms with E-state index >= 15 is 0 Å². The van der Waals surface area contributed by atoms with Crippen LogP contribution in [0.15, 0.2) is 82.5 Å². The Hall–Kier alpha value is -4.01. The molecule has 1 unspecified atom stereocenters. The lowest BCUT2D eigenvalue weighted by Gasteiger charge is -2.32. The second-order valence-electron chi connectivity index (χ2n) is 7.70. The maximum atomic E-state index is 15.0. The number of nitrogens with two attached hydrogens (primary N) is 2. The smallest absolute Gasteiger partial charge is 0.167 e. The first-order valence-corrected chi connectivity index (χ1v) is 10.4. The van der Waals surface area contributed by atoms with Crippen molar-refractivity contribution in [2.24, 2.45) is 16.5 Å². The van der Waals surface area contributed by atoms with Gasteiger partial charge in [-0.25, -0.2) is 9.38 Å². The molecule has 1 atom stereocenters. The summed E-state index contributed by atoms with van der Waals surface area (Å²) in [5.74, 6) is 0.0852. The summed E-state index contributed by atoms with van der Waals surface area (Å²) in [4.78, 5) is 8.97. The van der Waals surface area contributed by atoms with Crippen molar-refractivity contribution in [1.82, 2.24) is 4.98 Å². The summed E-state index contributed by atoms with van der Waals surface area (Å²) in [5.41, 5.74) is 15.1. The summed E-state index contributed by atoms with van der Waals surface area (Å²) >= 11 is 0. The molecule has 0 aliphatic carbocycles. The third kappa shape index (κ3) is 3.86. The van der Waals surface area contributed by atoms with Crippen LogP contribution in [-0.2, 0) is 18.8 Å². The molecule has 5 rings (SSSR count). The Morgan fingerprint density at radius 3 is 2.67 bits per heavy atom. The molecule has 2 aromatic carbocycles. The van der Waals surface area contributed by atoms with Gasteiger partial charge in [0.1, 0.15) is 12.3 Å². The van der Waals surface area contributed by atoms with Gasteiger partial charge in [0.15, 0.2) is 23.0 Å². The van der Waals surface area contributed by atoms with Gasteiger partial charge < -0.3 is 20.2 Å². The first-order chi connectivity index (χ1) is 16.1. The number of pyridine rings is 1. The van der Waals surface area contributed by atoms with Crippen molar-refractivity contribution < 1.29 is 13.5 Å². The Kier molecular flexibility index (Phi) is 5.37. The van der Waals surface area contributed by atoms with Crippen LogP contribution in [0.5, 0.6) is 5.75 Å². The zero-order valence-corrected chi connectivity index (χ0v) is 17.7. The average molecular weight is 443 g/mol. The third-order valence-corrected chi connectivity index (χ3v) is 5.55. The van der Waals surface area contributed by atoms with Crippen LogP contribution >= 0.6 is 0 Å². The number of rotatable bonds is 6. The minimum absolute atomic E-state index is 0.0515. The maximum Gasteiger partial charge on any atom is 0.167 e. The van der Waals surface area contributed by atoms with E-state index in [1.54, 1.807) is 30.7 Å². The fraction of sp³-hybridized carbons (Fsp3) is 0.120. The first kappa shape index (κ1) is 20.9. The Morgan fingerprint density at radius 2 is 1.88 bits per heavy atom. The monoisotopic (exact) mass is 443 g/mol. The maximum absolute atomic E-state index is 15.0. The molecule has 1 aliphatic rings. The summed E-state index contributed by atoms with van der Waals surface area (Å²) in [6.07, 6.45) is 4.71. The lowest BCUT2D eigenvalue weighted by Crippen LogP contribution is -2.40. The van der Waals surface area contributed by atoms with Crippen LogP contribution < -0.4 is 21.5 Å². The molecular formula is C25H22FN5O2. The fourth-order valence-corrected chi connectivity index (χ4v) is 3.81. The highest BCUT2D eigenvalue weighted by molar-refractivity contribution is 5.83. The summed E-state index contributed by atoms with van der Waals surface area (Å²) in [6, 6.07) is 17.8. The van der Waals surface area contributed by atoms with Gasteiger partial charge in [-0.05, 0) is 23.8 Å². The van der Waals surface area contributed by atoms with Gasteiger partial charge >= 0.3 is 0 Å². The molecule has 0 radical (unpaired) electrons. The molecule has 2 aromatic heterocycles. The number of hydrogen-bond donors (Lipinski definition) is 3. The number of aromatic nitrogens is 1. The van der Waals surface area contributed by atoms with E-state index in [-0.39, 0.29) is 12.4 Å². The van der Waals surface area contributed by atoms with Crippen LogP contribution in [-0.4, -0.2) is 11.3 Å². The molecule has 0 spiro atoms. The quantitative estimate of drug-likeness (QED) is 0.413. The standard InChI is InChI=1S/C25H22FN5O2/c26-20-8-4-7-18(24(20)33-13-16-5-2-1-3-6-16)25(28)19-10-21(23-9-17(11-27)14-32-23)29-12-22(19)30-15-31-25/h1-10,12,14-15H,11,13,27-28H2,(H,30,31). The van der Waals surface area contributed by atoms with E-state index < -0.39 is 11.5 Å². The number of anilines is 1. The fourth-order valence-electron chi connectivity index (χ4n) is 3.81. The van der Waals surface area contributed by atoms with E-state index in [1.807, 2.05) is 36.4 Å². The number of furan rings is 1. The largest absolute Gasteiger partial charge is 0.485 e. The number of nitrogens with zero attached hydrogens (tertiary/aromatic N) is 2. The van der Waals surface area contributed by atoms with E-state index in [2.05, 4.69) is 15.3 Å². The van der Waals surface area contributed by atoms with Crippen LogP contribution in [0, 0.1) is 5.82 Å². The van der Waals surface area contributed by atoms with Gasteiger partial charge in [-0.2, -0.15) is 0 Å². The highest BCUT2D eigenvalue weighted by atomic mass is 19.1. The van der Waals surface area contributed by atoms with Crippen molar-refractivity contribution in [3.8, 4) is 17.2 Å². The molecule has 4 aromatic rings. The van der Waals surface area contributed by atoms with Crippen LogP contribution in [0.2, 0.25) is 0 Å². The molecule has 8 heteroatoms. The second-order valence-corrected chi connectivity index (χ2v) is 7.70. The Labute approximate surface area is 189 Å². The second kappa shape index (κ2) is 8.50. The summed E-state index contributed by atoms with van der Waals surface area (Å²) < 4.78 is 26.5. The van der Waals surface area contributed by atoms with E-state index in [1.165, 1.54) is 12.4 Å². The van der Waals surface area contributed by atoms with Gasteiger partial charge in [-0.3, -0.25) is 10.7 Å². The highest BCUT2D eigenvalue weighted by Crippen LogP contribution is 2.42. The van der Waals surface area contributed by atoms with Crippen molar-refractivity contribution in [1.29, 1.82) is 0 Å². The van der Waals surface area contributed by atoms with Crippen molar-refractivity contribution >= 4 is 12.0 Å². The van der Waals surface area contributed by atoms with Gasteiger partial charge in [0.25, 0.3) is 0 Å². The topological polar surface area (TPSA) is 112 Å². The number of aliphatic imine (C=N–C) groups is 1. The molecule has 7 nitrogen and oxygen atoms in total. The number of hydrogen-bond acceptors (Lipinski definition) is 7. The molecule has 0 amide bonds. The summed E-state index contributed by atoms with van der Waals surface area (Å²) in [7, 11) is 0. The molecule has 1 aliphatic heterocycles. The molecule has 166 valence electrons. The molecule has 0 bridgehead atoms. The molecule has 0 fully saturated rings. The minimum Gasteiger partial charge on any atom is -0.485 e. The predicted molar refractivity (Wildman–Crippen MR) is 124 cm³/mol. The zero-order chi connectivity index (χ0) is 22.8. The van der Waals surface area contributed by atoms with Gasteiger partial charge in [0.05, 0.1) is 24.5 Å². The lowest BCUT2D eigenvalue weighted by atomic mass is 9.89. The van der Waals surface area contributed by atoms with E-state index in [4.69, 9.17) is 20.6 Å². The van der Waals surface area contributed by atoms with Crippen LogP contribution in [0.1, 0.15) is 22.3 Å². The van der Waals surface area contributed by atoms with Crippen LogP contribution in [0.4, 0.5) is 10.1 Å². The number of benzene rings is 2. The van der Waals surface area contributed by atoms with Crippen LogP contribution in [0.3, 0.4) is 0 Å². The molecule has 5 N–H and O–H groups in total. The minimum atomic E-state index is -1.41. The molecule has 0 saturated carbocycles. The molecule has 33 heavy (non-hydrogen) atoms. The number of halogens is 1. The first-order valence-electron chi connectivity index (χ1n) is 10.4. The molecule has 3 heterocycles. The number of nitrogens with one attached hydrogen (secondary N) is 1. The lowest BCUT2D eigenvalue weighted by molar-refractivity contribution is 0.281. The molecule has 0 saturated heterocycles. The third-order valence-electron chi connectivity index (χ3n) is 5.55. The van der Waals surface area contributed by atoms with Gasteiger partial charge in [-0.1, -0.05) is 42.5 Å². The van der Waals surface area contributed by atoms with Gasteiger partial charge in [0, 0.05) is 23.2 Å². The average Bonchev–Trinajstić information content (AvgIpc) is 3.33. The summed E-state index contributed by atoms with van der Waals surface area (Å²) in [5, 5.41) is 3.06. The Balaban J connectivity index is 1.57.